The van der Waals surface area contributed by atoms with Crippen LogP contribution in [0.25, 0.3) is 11.0 Å². The smallest absolute Gasteiger partial charge is 0.336 e. The molecule has 0 spiro atoms. The molecule has 0 saturated carbocycles. The molecule has 2 N–H and O–H groups in total. The lowest BCUT2D eigenvalue weighted by Crippen LogP contribution is -2.08. The molecule has 1 aromatic heterocycles. The highest BCUT2D eigenvalue weighted by molar-refractivity contribution is 6.05. The molecule has 0 saturated heterocycles. The van der Waals surface area contributed by atoms with E-state index in [2.05, 4.69) is 9.97 Å². The summed E-state index contributed by atoms with van der Waals surface area (Å²) in [6.07, 6.45) is 2.82. The molecule has 0 amide bonds. The molecule has 0 atom stereocenters. The Bertz CT molecular complexity index is 542. The van der Waals surface area contributed by atoms with Crippen LogP contribution < -0.4 is 0 Å². The predicted octanol–water partition coefficient (Wildman–Crippen LogP) is 1.03. The van der Waals surface area contributed by atoms with Crippen molar-refractivity contribution in [3.8, 4) is 0 Å². The molecule has 0 aliphatic carbocycles. The number of aromatic nitrogens is 2. The highest BCUT2D eigenvalue weighted by Crippen LogP contribution is 2.16. The van der Waals surface area contributed by atoms with Gasteiger partial charge in [0, 0.05) is 12.4 Å². The van der Waals surface area contributed by atoms with Crippen molar-refractivity contribution >= 4 is 23.0 Å². The molecule has 1 heterocycles. The van der Waals surface area contributed by atoms with Crippen LogP contribution in [0.5, 0.6) is 0 Å². The zero-order valence-corrected chi connectivity index (χ0v) is 7.91. The molecule has 0 unspecified atom stereocenters. The van der Waals surface area contributed by atoms with Gasteiger partial charge in [-0.15, -0.1) is 0 Å². The molecule has 0 bridgehead atoms. The maximum Gasteiger partial charge on any atom is 0.336 e. The Morgan fingerprint density at radius 1 is 0.875 bits per heavy atom. The Hall–Kier alpha value is -2.50. The maximum absolute atomic E-state index is 10.9. The summed E-state index contributed by atoms with van der Waals surface area (Å²) in [5.74, 6) is -2.60. The number of benzene rings is 1. The number of carbonyl (C=O) groups is 2. The van der Waals surface area contributed by atoms with E-state index in [1.54, 1.807) is 0 Å². The van der Waals surface area contributed by atoms with E-state index in [9.17, 15) is 9.59 Å². The summed E-state index contributed by atoms with van der Waals surface area (Å²) in [5.41, 5.74) is 0.121. The molecule has 6 nitrogen and oxygen atoms in total. The normalized spacial score (nSPS) is 10.2. The molecule has 0 aliphatic rings. The molecule has 0 radical (unpaired) electrons. The summed E-state index contributed by atoms with van der Waals surface area (Å²) in [7, 11) is 0. The fourth-order valence-electron chi connectivity index (χ4n) is 1.36. The number of hydrogen-bond acceptors (Lipinski definition) is 4. The van der Waals surface area contributed by atoms with Crippen LogP contribution in [0.3, 0.4) is 0 Å². The first-order valence-electron chi connectivity index (χ1n) is 4.31. The predicted molar refractivity (Wildman–Crippen MR) is 53.5 cm³/mol. The van der Waals surface area contributed by atoms with Gasteiger partial charge in [-0.05, 0) is 12.1 Å². The molecule has 0 fully saturated rings. The minimum atomic E-state index is -1.30. The third-order valence-electron chi connectivity index (χ3n) is 2.07. The summed E-state index contributed by atoms with van der Waals surface area (Å²) in [4.78, 5) is 29.5. The highest BCUT2D eigenvalue weighted by Gasteiger charge is 2.17. The van der Waals surface area contributed by atoms with Crippen molar-refractivity contribution in [2.45, 2.75) is 0 Å². The van der Waals surface area contributed by atoms with Gasteiger partial charge in [0.05, 0.1) is 22.2 Å². The largest absolute Gasteiger partial charge is 0.478 e. The number of fused-ring (bicyclic) bond motifs is 1. The van der Waals surface area contributed by atoms with Crippen LogP contribution in [0.4, 0.5) is 0 Å². The van der Waals surface area contributed by atoms with Gasteiger partial charge in [0.25, 0.3) is 0 Å². The van der Waals surface area contributed by atoms with Crippen LogP contribution in [-0.4, -0.2) is 32.1 Å². The summed E-state index contributed by atoms with van der Waals surface area (Å²) in [6.45, 7) is 0. The molecule has 2 rings (SSSR count). The van der Waals surface area contributed by atoms with Gasteiger partial charge in [-0.3, -0.25) is 9.97 Å². The van der Waals surface area contributed by atoms with E-state index in [1.807, 2.05) is 0 Å². The summed E-state index contributed by atoms with van der Waals surface area (Å²) < 4.78 is 0. The highest BCUT2D eigenvalue weighted by atomic mass is 16.4. The molecule has 80 valence electrons. The van der Waals surface area contributed by atoms with E-state index in [4.69, 9.17) is 10.2 Å². The molecule has 0 aliphatic heterocycles. The van der Waals surface area contributed by atoms with Crippen LogP contribution in [-0.2, 0) is 0 Å². The zero-order valence-electron chi connectivity index (χ0n) is 7.91. The number of hydrogen-bond donors (Lipinski definition) is 2. The fourth-order valence-corrected chi connectivity index (χ4v) is 1.36. The van der Waals surface area contributed by atoms with Crippen molar-refractivity contribution in [2.24, 2.45) is 0 Å². The Labute approximate surface area is 89.2 Å². The lowest BCUT2D eigenvalue weighted by atomic mass is 10.1. The number of nitrogens with zero attached hydrogens (tertiary/aromatic N) is 2. The summed E-state index contributed by atoms with van der Waals surface area (Å²) in [6, 6.07) is 2.40. The Morgan fingerprint density at radius 2 is 1.25 bits per heavy atom. The number of carboxylic acids is 2. The van der Waals surface area contributed by atoms with Crippen LogP contribution in [0, 0.1) is 0 Å². The van der Waals surface area contributed by atoms with Gasteiger partial charge in [0.2, 0.25) is 0 Å². The number of rotatable bonds is 2. The van der Waals surface area contributed by atoms with Gasteiger partial charge in [-0.2, -0.15) is 0 Å². The van der Waals surface area contributed by atoms with E-state index < -0.39 is 11.9 Å². The second-order valence-corrected chi connectivity index (χ2v) is 3.05. The Morgan fingerprint density at radius 3 is 1.56 bits per heavy atom. The van der Waals surface area contributed by atoms with Gasteiger partial charge < -0.3 is 10.2 Å². The first kappa shape index (κ1) is 10.0. The minimum Gasteiger partial charge on any atom is -0.478 e. The summed E-state index contributed by atoms with van der Waals surface area (Å²) >= 11 is 0. The lowest BCUT2D eigenvalue weighted by molar-refractivity contribution is 0.0652. The van der Waals surface area contributed by atoms with Gasteiger partial charge in [0.1, 0.15) is 0 Å². The van der Waals surface area contributed by atoms with Gasteiger partial charge in [-0.1, -0.05) is 0 Å². The minimum absolute atomic E-state index is 0.291. The molecular formula is C10H6N2O4. The summed E-state index contributed by atoms with van der Waals surface area (Å²) in [5, 5.41) is 17.7. The van der Waals surface area contributed by atoms with Crippen molar-refractivity contribution in [3.63, 3.8) is 0 Å². The van der Waals surface area contributed by atoms with E-state index in [-0.39, 0.29) is 11.1 Å². The van der Waals surface area contributed by atoms with Crippen LogP contribution in [0.15, 0.2) is 24.5 Å². The SMILES string of the molecule is O=C(O)c1cc2nccnc2cc1C(=O)O. The number of aromatic carboxylic acids is 2. The van der Waals surface area contributed by atoms with E-state index in [1.165, 1.54) is 24.5 Å². The van der Waals surface area contributed by atoms with Crippen molar-refractivity contribution in [1.82, 2.24) is 9.97 Å². The average Bonchev–Trinajstić information content (AvgIpc) is 2.27. The van der Waals surface area contributed by atoms with E-state index in [0.29, 0.717) is 11.0 Å². The van der Waals surface area contributed by atoms with Crippen LogP contribution >= 0.6 is 0 Å². The standard InChI is InChI=1S/C10H6N2O4/c13-9(14)5-3-7-8(12-2-1-11-7)4-6(5)10(15)16/h1-4H,(H,13,14)(H,15,16). The quantitative estimate of drug-likeness (QED) is 0.780. The fraction of sp³-hybridized carbons (Fsp3) is 0. The first-order chi connectivity index (χ1) is 7.59. The third kappa shape index (κ3) is 1.56. The monoisotopic (exact) mass is 218 g/mol. The zero-order chi connectivity index (χ0) is 11.7. The van der Waals surface area contributed by atoms with Crippen molar-refractivity contribution in [3.05, 3.63) is 35.7 Å². The van der Waals surface area contributed by atoms with Crippen LogP contribution in [0.2, 0.25) is 0 Å². The Kier molecular flexibility index (Phi) is 2.24. The van der Waals surface area contributed by atoms with Gasteiger partial charge in [-0.25, -0.2) is 9.59 Å². The molecule has 6 heteroatoms. The van der Waals surface area contributed by atoms with Crippen LogP contribution in [0.1, 0.15) is 20.7 Å². The molecular weight excluding hydrogens is 212 g/mol. The average molecular weight is 218 g/mol. The lowest BCUT2D eigenvalue weighted by Gasteiger charge is -2.02. The van der Waals surface area contributed by atoms with Gasteiger partial charge in [0.15, 0.2) is 0 Å². The van der Waals surface area contributed by atoms with Crippen molar-refractivity contribution < 1.29 is 19.8 Å². The molecule has 1 aromatic carbocycles. The van der Waals surface area contributed by atoms with Gasteiger partial charge >= 0.3 is 11.9 Å². The van der Waals surface area contributed by atoms with E-state index >= 15 is 0 Å². The third-order valence-corrected chi connectivity index (χ3v) is 2.07. The topological polar surface area (TPSA) is 100 Å². The Balaban J connectivity index is 2.81. The molecule has 16 heavy (non-hydrogen) atoms. The maximum atomic E-state index is 10.9. The second kappa shape index (κ2) is 3.58. The van der Waals surface area contributed by atoms with E-state index in [0.717, 1.165) is 0 Å². The second-order valence-electron chi connectivity index (χ2n) is 3.05. The first-order valence-corrected chi connectivity index (χ1v) is 4.31. The molecule has 2 aromatic rings. The number of carboxylic acid groups (broad SMARTS) is 2. The van der Waals surface area contributed by atoms with Crippen molar-refractivity contribution in [1.29, 1.82) is 0 Å². The van der Waals surface area contributed by atoms with Crippen molar-refractivity contribution in [2.75, 3.05) is 0 Å².